The average Bonchev–Trinajstić information content (AvgIpc) is 3.03. The summed E-state index contributed by atoms with van der Waals surface area (Å²) in [7, 11) is 0. The Bertz CT molecular complexity index is 682. The number of carbonyl (C=O) groups is 1. The van der Waals surface area contributed by atoms with Crippen LogP contribution in [0.15, 0.2) is 27.1 Å². The van der Waals surface area contributed by atoms with E-state index in [1.807, 2.05) is 18.2 Å². The quantitative estimate of drug-likeness (QED) is 0.851. The van der Waals surface area contributed by atoms with Gasteiger partial charge in [0.2, 0.25) is 0 Å². The summed E-state index contributed by atoms with van der Waals surface area (Å²) >= 11 is 6.86. The minimum atomic E-state index is -0.783. The smallest absolute Gasteiger partial charge is 0.311 e. The highest BCUT2D eigenvalue weighted by molar-refractivity contribution is 9.11. The Morgan fingerprint density at radius 1 is 1.40 bits per heavy atom. The van der Waals surface area contributed by atoms with Crippen molar-refractivity contribution < 1.29 is 9.90 Å². The molecule has 2 aromatic rings. The van der Waals surface area contributed by atoms with Gasteiger partial charge in [-0.25, -0.2) is 4.68 Å². The molecule has 0 amide bonds. The summed E-state index contributed by atoms with van der Waals surface area (Å²) in [4.78, 5) is 11.3. The Kier molecular flexibility index (Phi) is 3.37. The molecule has 1 N–H and O–H groups in total. The number of aliphatic carboxylic acids is 1. The molecule has 20 heavy (non-hydrogen) atoms. The highest BCUT2D eigenvalue weighted by Crippen LogP contribution is 2.47. The second kappa shape index (κ2) is 4.92. The molecule has 0 bridgehead atoms. The zero-order chi connectivity index (χ0) is 14.3. The lowest BCUT2D eigenvalue weighted by molar-refractivity contribution is -0.144. The van der Waals surface area contributed by atoms with Crippen molar-refractivity contribution in [3.63, 3.8) is 0 Å². The maximum atomic E-state index is 11.3. The van der Waals surface area contributed by atoms with E-state index in [2.05, 4.69) is 47.4 Å². The Morgan fingerprint density at radius 3 is 2.75 bits per heavy atom. The molecule has 3 rings (SSSR count). The van der Waals surface area contributed by atoms with Gasteiger partial charge in [-0.1, -0.05) is 15.9 Å². The molecule has 0 radical (unpaired) electrons. The zero-order valence-corrected chi connectivity index (χ0v) is 13.4. The van der Waals surface area contributed by atoms with E-state index < -0.39 is 11.4 Å². The van der Waals surface area contributed by atoms with E-state index in [0.29, 0.717) is 25.2 Å². The van der Waals surface area contributed by atoms with E-state index in [9.17, 15) is 9.90 Å². The van der Waals surface area contributed by atoms with E-state index in [1.54, 1.807) is 4.68 Å². The van der Waals surface area contributed by atoms with Crippen molar-refractivity contribution in [2.75, 3.05) is 0 Å². The van der Waals surface area contributed by atoms with Crippen molar-refractivity contribution in [1.82, 2.24) is 20.2 Å². The molecule has 0 atom stereocenters. The van der Waals surface area contributed by atoms with Gasteiger partial charge in [-0.2, -0.15) is 0 Å². The number of benzene rings is 1. The van der Waals surface area contributed by atoms with Crippen LogP contribution in [0.5, 0.6) is 0 Å². The van der Waals surface area contributed by atoms with Crippen molar-refractivity contribution in [3.8, 4) is 11.4 Å². The minimum Gasteiger partial charge on any atom is -0.481 e. The molecule has 0 unspecified atom stereocenters. The van der Waals surface area contributed by atoms with Crippen molar-refractivity contribution in [3.05, 3.63) is 27.1 Å². The summed E-state index contributed by atoms with van der Waals surface area (Å²) in [5.74, 6) is -0.217. The second-order valence-electron chi connectivity index (χ2n) is 4.87. The first-order valence-electron chi connectivity index (χ1n) is 5.97. The molecule has 1 heterocycles. The Balaban J connectivity index is 1.96. The molecule has 1 aromatic heterocycles. The predicted molar refractivity (Wildman–Crippen MR) is 78.0 cm³/mol. The second-order valence-corrected chi connectivity index (χ2v) is 6.64. The van der Waals surface area contributed by atoms with Gasteiger partial charge in [0.05, 0.1) is 12.0 Å². The zero-order valence-electron chi connectivity index (χ0n) is 10.3. The highest BCUT2D eigenvalue weighted by atomic mass is 79.9. The molecule has 8 heteroatoms. The van der Waals surface area contributed by atoms with Crippen molar-refractivity contribution in [2.45, 2.75) is 19.4 Å². The summed E-state index contributed by atoms with van der Waals surface area (Å²) in [6.07, 6.45) is 1.34. The Hall–Kier alpha value is -1.28. The lowest BCUT2D eigenvalue weighted by Gasteiger charge is -2.11. The van der Waals surface area contributed by atoms with E-state index in [0.717, 1.165) is 14.5 Å². The fraction of sp³-hybridized carbons (Fsp3) is 0.333. The van der Waals surface area contributed by atoms with Gasteiger partial charge in [-0.15, -0.1) is 5.10 Å². The minimum absolute atomic E-state index is 0.299. The number of carboxylic acids is 1. The van der Waals surface area contributed by atoms with Gasteiger partial charge in [0.25, 0.3) is 0 Å². The first kappa shape index (κ1) is 13.7. The normalized spacial score (nSPS) is 16.1. The highest BCUT2D eigenvalue weighted by Gasteiger charge is 2.51. The maximum Gasteiger partial charge on any atom is 0.311 e. The molecule has 0 saturated heterocycles. The van der Waals surface area contributed by atoms with Gasteiger partial charge < -0.3 is 5.11 Å². The van der Waals surface area contributed by atoms with Crippen molar-refractivity contribution in [2.24, 2.45) is 5.41 Å². The molecule has 1 fully saturated rings. The summed E-state index contributed by atoms with van der Waals surface area (Å²) in [5.41, 5.74) is 0.130. The molecule has 1 saturated carbocycles. The van der Waals surface area contributed by atoms with Crippen LogP contribution in [-0.4, -0.2) is 31.3 Å². The van der Waals surface area contributed by atoms with Crippen LogP contribution in [0.25, 0.3) is 11.4 Å². The van der Waals surface area contributed by atoms with Crippen LogP contribution >= 0.6 is 31.9 Å². The van der Waals surface area contributed by atoms with Gasteiger partial charge in [0.1, 0.15) is 0 Å². The molecule has 0 aliphatic heterocycles. The van der Waals surface area contributed by atoms with Gasteiger partial charge in [-0.3, -0.25) is 4.79 Å². The molecule has 1 aromatic carbocycles. The number of rotatable bonds is 4. The standard InChI is InChI=1S/C12H10Br2N4O2/c13-7-1-2-8(9(14)5-7)10-15-16-17-18(10)6-12(3-4-12)11(19)20/h1-2,5H,3-4,6H2,(H,19,20). The van der Waals surface area contributed by atoms with Crippen LogP contribution in [0, 0.1) is 5.41 Å². The van der Waals surface area contributed by atoms with E-state index in [1.165, 1.54) is 0 Å². The number of hydrogen-bond acceptors (Lipinski definition) is 4. The van der Waals surface area contributed by atoms with E-state index >= 15 is 0 Å². The molecule has 1 aliphatic rings. The molecular weight excluding hydrogens is 392 g/mol. The summed E-state index contributed by atoms with van der Waals surface area (Å²) < 4.78 is 3.36. The first-order valence-corrected chi connectivity index (χ1v) is 7.55. The fourth-order valence-corrected chi connectivity index (χ4v) is 3.28. The van der Waals surface area contributed by atoms with Crippen LogP contribution in [0.2, 0.25) is 0 Å². The first-order chi connectivity index (χ1) is 9.52. The topological polar surface area (TPSA) is 80.9 Å². The number of aromatic nitrogens is 4. The molecule has 104 valence electrons. The molecule has 0 spiro atoms. The predicted octanol–water partition coefficient (Wildman–Crippen LogP) is 2.73. The van der Waals surface area contributed by atoms with Gasteiger partial charge in [0, 0.05) is 14.5 Å². The monoisotopic (exact) mass is 400 g/mol. The third-order valence-corrected chi connectivity index (χ3v) is 4.61. The Labute approximate surface area is 131 Å². The van der Waals surface area contributed by atoms with E-state index in [4.69, 9.17) is 0 Å². The van der Waals surface area contributed by atoms with Crippen LogP contribution in [-0.2, 0) is 11.3 Å². The van der Waals surface area contributed by atoms with Crippen molar-refractivity contribution >= 4 is 37.8 Å². The molecule has 1 aliphatic carbocycles. The number of carboxylic acid groups (broad SMARTS) is 1. The van der Waals surface area contributed by atoms with Crippen molar-refractivity contribution in [1.29, 1.82) is 0 Å². The van der Waals surface area contributed by atoms with Gasteiger partial charge >= 0.3 is 5.97 Å². The number of nitrogens with zero attached hydrogens (tertiary/aromatic N) is 4. The maximum absolute atomic E-state index is 11.3. The molecular formula is C12H10Br2N4O2. The fourth-order valence-electron chi connectivity index (χ4n) is 2.05. The lowest BCUT2D eigenvalue weighted by atomic mass is 10.1. The summed E-state index contributed by atoms with van der Waals surface area (Å²) in [6.45, 7) is 0.299. The largest absolute Gasteiger partial charge is 0.481 e. The van der Waals surface area contributed by atoms with Crippen LogP contribution in [0.3, 0.4) is 0 Å². The lowest BCUT2D eigenvalue weighted by Crippen LogP contribution is -2.22. The summed E-state index contributed by atoms with van der Waals surface area (Å²) in [5, 5.41) is 20.9. The van der Waals surface area contributed by atoms with Gasteiger partial charge in [-0.05, 0) is 57.4 Å². The average molecular weight is 402 g/mol. The number of halogens is 2. The summed E-state index contributed by atoms with van der Waals surface area (Å²) in [6, 6.07) is 5.68. The van der Waals surface area contributed by atoms with Crippen LogP contribution < -0.4 is 0 Å². The van der Waals surface area contributed by atoms with Crippen LogP contribution in [0.1, 0.15) is 12.8 Å². The third kappa shape index (κ3) is 2.37. The third-order valence-electron chi connectivity index (χ3n) is 3.46. The van der Waals surface area contributed by atoms with E-state index in [-0.39, 0.29) is 0 Å². The SMILES string of the molecule is O=C(O)C1(Cn2nnnc2-c2ccc(Br)cc2Br)CC1. The molecule has 6 nitrogen and oxygen atoms in total. The number of tetrazole rings is 1. The number of hydrogen-bond donors (Lipinski definition) is 1. The van der Waals surface area contributed by atoms with Gasteiger partial charge in [0.15, 0.2) is 5.82 Å². The Morgan fingerprint density at radius 2 is 2.15 bits per heavy atom. The van der Waals surface area contributed by atoms with Crippen LogP contribution in [0.4, 0.5) is 0 Å².